The summed E-state index contributed by atoms with van der Waals surface area (Å²) < 4.78 is 37.2. The summed E-state index contributed by atoms with van der Waals surface area (Å²) in [6.07, 6.45) is 17.9. The zero-order chi connectivity index (χ0) is 42.3. The summed E-state index contributed by atoms with van der Waals surface area (Å²) >= 11 is 0. The number of carbonyl (C=O) groups excluding carboxylic acids is 2. The highest BCUT2D eigenvalue weighted by molar-refractivity contribution is 7.57. The second-order valence-corrected chi connectivity index (χ2v) is 18.4. The summed E-state index contributed by atoms with van der Waals surface area (Å²) in [5.41, 5.74) is 5.27. The zero-order valence-corrected chi connectivity index (χ0v) is 37.7. The molecule has 2 N–H and O–H groups in total. The highest BCUT2D eigenvalue weighted by Crippen LogP contribution is 2.44. The Bertz CT molecular complexity index is 1690. The molecular formula is C48H73N2O7P. The number of unbranched alkanes of at least 4 members (excludes halogenated alkanes) is 13. The fourth-order valence-electron chi connectivity index (χ4n) is 7.00. The number of benzene rings is 3. The van der Waals surface area contributed by atoms with Crippen LogP contribution >= 0.6 is 7.52 Å². The number of para-hydroxylation sites is 1. The summed E-state index contributed by atoms with van der Waals surface area (Å²) in [7, 11) is -3.72. The van der Waals surface area contributed by atoms with Gasteiger partial charge in [-0.05, 0) is 112 Å². The molecule has 0 aliphatic rings. The molecule has 322 valence electrons. The predicted octanol–water partition coefficient (Wildman–Crippen LogP) is 13.1. The summed E-state index contributed by atoms with van der Waals surface area (Å²) in [6, 6.07) is 17.8. The Balaban J connectivity index is 1.50. The molecule has 9 nitrogen and oxygen atoms in total. The van der Waals surface area contributed by atoms with E-state index in [1.165, 1.54) is 77.0 Å². The Morgan fingerprint density at radius 2 is 1.28 bits per heavy atom. The van der Waals surface area contributed by atoms with Crippen LogP contribution in [0.2, 0.25) is 0 Å². The van der Waals surface area contributed by atoms with Crippen LogP contribution in [0.1, 0.15) is 165 Å². The first kappa shape index (κ1) is 48.6. The molecule has 0 radical (unpaired) electrons. The number of hydrogen-bond donors (Lipinski definition) is 2. The van der Waals surface area contributed by atoms with Crippen LogP contribution < -0.4 is 24.4 Å². The van der Waals surface area contributed by atoms with Gasteiger partial charge in [0.2, 0.25) is 0 Å². The number of carbonyl (C=O) groups is 2. The van der Waals surface area contributed by atoms with Crippen LogP contribution in [-0.2, 0) is 20.5 Å². The van der Waals surface area contributed by atoms with Crippen molar-refractivity contribution in [1.82, 2.24) is 10.4 Å². The lowest BCUT2D eigenvalue weighted by Gasteiger charge is -2.24. The summed E-state index contributed by atoms with van der Waals surface area (Å²) in [5.74, 6) is 1.15. The van der Waals surface area contributed by atoms with Crippen LogP contribution in [0.3, 0.4) is 0 Å². The minimum absolute atomic E-state index is 0.156. The van der Waals surface area contributed by atoms with E-state index in [1.54, 1.807) is 45.0 Å². The topological polar surface area (TPSA) is 112 Å². The van der Waals surface area contributed by atoms with Crippen LogP contribution in [0.4, 0.5) is 4.79 Å². The molecular weight excluding hydrogens is 748 g/mol. The minimum atomic E-state index is -3.72. The fourth-order valence-corrected chi connectivity index (χ4v) is 8.66. The fraction of sp³-hybridized carbons (Fsp3) is 0.583. The van der Waals surface area contributed by atoms with Crippen molar-refractivity contribution in [1.29, 1.82) is 0 Å². The lowest BCUT2D eigenvalue weighted by molar-refractivity contribution is -0.149. The van der Waals surface area contributed by atoms with Gasteiger partial charge in [-0.1, -0.05) is 135 Å². The molecule has 1 amide bonds. The molecule has 58 heavy (non-hydrogen) atoms. The van der Waals surface area contributed by atoms with Crippen molar-refractivity contribution in [2.45, 2.75) is 170 Å². The van der Waals surface area contributed by atoms with Gasteiger partial charge in [-0.2, -0.15) is 0 Å². The normalized spacial score (nSPS) is 12.9. The average molecular weight is 821 g/mol. The molecule has 0 aliphatic carbocycles. The standard InChI is InChI=1S/C48H73N2O7P/c1-9-10-11-12-13-14-15-16-17-18-19-20-21-25-30-49-48(52)56-46-29-28-41(33-44(46)36(2)3)34-45-38(6)31-43(32-39(45)7)54-35-58(53,57-42-26-23-22-24-27-42)50-40(8)47(51)55-37(4)5/h22-24,26-29,31-33,36-37,40H,9-21,25,30,34-35H2,1-8H3,(H,49,52)(H,50,53)/t40-,58?/m0/s1. The number of nitrogens with one attached hydrogen (secondary N) is 2. The van der Waals surface area contributed by atoms with Gasteiger partial charge < -0.3 is 24.1 Å². The molecule has 3 aromatic rings. The van der Waals surface area contributed by atoms with Gasteiger partial charge in [0.1, 0.15) is 23.3 Å². The van der Waals surface area contributed by atoms with E-state index >= 15 is 0 Å². The predicted molar refractivity (Wildman–Crippen MR) is 238 cm³/mol. The number of aryl methyl sites for hydroxylation is 2. The molecule has 10 heteroatoms. The van der Waals surface area contributed by atoms with Crippen molar-refractivity contribution in [2.24, 2.45) is 0 Å². The van der Waals surface area contributed by atoms with Crippen LogP contribution in [0.15, 0.2) is 60.7 Å². The maximum atomic E-state index is 14.1. The molecule has 2 atom stereocenters. The molecule has 0 aromatic heterocycles. The molecule has 0 spiro atoms. The summed E-state index contributed by atoms with van der Waals surface area (Å²) in [5, 5.41) is 5.80. The number of hydrogen-bond acceptors (Lipinski definition) is 7. The molecule has 0 saturated heterocycles. The summed E-state index contributed by atoms with van der Waals surface area (Å²) in [4.78, 5) is 25.3. The van der Waals surface area contributed by atoms with E-state index in [2.05, 4.69) is 37.2 Å². The number of rotatable bonds is 28. The number of ether oxygens (including phenoxy) is 3. The Hall–Kier alpha value is -3.81. The molecule has 0 bridgehead atoms. The van der Waals surface area contributed by atoms with E-state index in [4.69, 9.17) is 18.7 Å². The Morgan fingerprint density at radius 3 is 1.83 bits per heavy atom. The van der Waals surface area contributed by atoms with Crippen molar-refractivity contribution in [3.63, 3.8) is 0 Å². The Kier molecular flexibility index (Phi) is 22.0. The maximum Gasteiger partial charge on any atom is 0.412 e. The first-order valence-corrected chi connectivity index (χ1v) is 23.7. The van der Waals surface area contributed by atoms with Gasteiger partial charge in [0.05, 0.1) is 6.10 Å². The van der Waals surface area contributed by atoms with Crippen molar-refractivity contribution in [3.8, 4) is 17.2 Å². The average Bonchev–Trinajstić information content (AvgIpc) is 3.17. The first-order chi connectivity index (χ1) is 27.8. The second-order valence-electron chi connectivity index (χ2n) is 16.3. The van der Waals surface area contributed by atoms with Gasteiger partial charge in [-0.3, -0.25) is 9.36 Å². The van der Waals surface area contributed by atoms with Crippen LogP contribution in [0.5, 0.6) is 17.2 Å². The quantitative estimate of drug-likeness (QED) is 0.0423. The van der Waals surface area contributed by atoms with Crippen molar-refractivity contribution < 1.29 is 32.9 Å². The van der Waals surface area contributed by atoms with Gasteiger partial charge in [0.25, 0.3) is 0 Å². The van der Waals surface area contributed by atoms with Gasteiger partial charge in [0.15, 0.2) is 6.35 Å². The Labute approximate surface area is 350 Å². The SMILES string of the molecule is CCCCCCCCCCCCCCCCNC(=O)Oc1ccc(Cc2c(C)cc(OCP(=O)(N[C@@H](C)C(=O)OC(C)C)Oc3ccccc3)cc2C)cc1C(C)C. The van der Waals surface area contributed by atoms with Crippen molar-refractivity contribution in [2.75, 3.05) is 12.9 Å². The van der Waals surface area contributed by atoms with Gasteiger partial charge in [0, 0.05) is 6.54 Å². The van der Waals surface area contributed by atoms with E-state index in [0.717, 1.165) is 40.7 Å². The molecule has 3 aromatic carbocycles. The molecule has 0 heterocycles. The van der Waals surface area contributed by atoms with Crippen molar-refractivity contribution >= 4 is 19.6 Å². The smallest absolute Gasteiger partial charge is 0.412 e. The van der Waals surface area contributed by atoms with Gasteiger partial charge in [-0.25, -0.2) is 9.88 Å². The zero-order valence-electron chi connectivity index (χ0n) is 36.8. The molecule has 0 saturated carbocycles. The molecule has 0 fully saturated rings. The van der Waals surface area contributed by atoms with Crippen LogP contribution in [-0.4, -0.2) is 37.1 Å². The van der Waals surface area contributed by atoms with Crippen LogP contribution in [0.25, 0.3) is 0 Å². The third kappa shape index (κ3) is 18.4. The lowest BCUT2D eigenvalue weighted by Crippen LogP contribution is -2.36. The van der Waals surface area contributed by atoms with Gasteiger partial charge in [-0.15, -0.1) is 0 Å². The van der Waals surface area contributed by atoms with E-state index < -0.39 is 25.6 Å². The van der Waals surface area contributed by atoms with E-state index in [1.807, 2.05) is 44.2 Å². The third-order valence-corrected chi connectivity index (χ3v) is 12.0. The van der Waals surface area contributed by atoms with E-state index in [0.29, 0.717) is 30.2 Å². The van der Waals surface area contributed by atoms with Gasteiger partial charge >= 0.3 is 19.6 Å². The van der Waals surface area contributed by atoms with E-state index in [-0.39, 0.29) is 18.4 Å². The monoisotopic (exact) mass is 821 g/mol. The third-order valence-electron chi connectivity index (χ3n) is 10.2. The highest BCUT2D eigenvalue weighted by Gasteiger charge is 2.32. The largest absolute Gasteiger partial charge is 0.481 e. The molecule has 3 rings (SSSR count). The number of esters is 1. The summed E-state index contributed by atoms with van der Waals surface area (Å²) in [6.45, 7) is 16.3. The number of amides is 1. The lowest BCUT2D eigenvalue weighted by atomic mass is 9.93. The highest BCUT2D eigenvalue weighted by atomic mass is 31.2. The minimum Gasteiger partial charge on any atom is -0.481 e. The maximum absolute atomic E-state index is 14.1. The van der Waals surface area contributed by atoms with Crippen molar-refractivity contribution in [3.05, 3.63) is 88.5 Å². The molecule has 1 unspecified atom stereocenters. The second kappa shape index (κ2) is 26.3. The molecule has 0 aliphatic heterocycles. The first-order valence-electron chi connectivity index (χ1n) is 21.9. The van der Waals surface area contributed by atoms with E-state index in [9.17, 15) is 14.2 Å². The Morgan fingerprint density at radius 1 is 0.707 bits per heavy atom. The van der Waals surface area contributed by atoms with Crippen LogP contribution in [0, 0.1) is 13.8 Å².